The largest absolute Gasteiger partial charge is 0.356 e. The molecule has 36 heavy (non-hydrogen) atoms. The Morgan fingerprint density at radius 2 is 1.67 bits per heavy atom. The zero-order chi connectivity index (χ0) is 24.6. The first kappa shape index (κ1) is 23.0. The lowest BCUT2D eigenvalue weighted by Crippen LogP contribution is -2.39. The second kappa shape index (κ2) is 9.56. The predicted molar refractivity (Wildman–Crippen MR) is 140 cm³/mol. The molecule has 8 nitrogen and oxygen atoms in total. The lowest BCUT2D eigenvalue weighted by Gasteiger charge is -2.27. The normalized spacial score (nSPS) is 20.5. The highest BCUT2D eigenvalue weighted by Gasteiger charge is 2.30. The van der Waals surface area contributed by atoms with Crippen LogP contribution in [0.3, 0.4) is 0 Å². The van der Waals surface area contributed by atoms with Gasteiger partial charge in [-0.3, -0.25) is 9.59 Å². The van der Waals surface area contributed by atoms with Crippen molar-refractivity contribution in [2.75, 3.05) is 29.9 Å². The van der Waals surface area contributed by atoms with Gasteiger partial charge >= 0.3 is 0 Å². The predicted octanol–water partition coefficient (Wildman–Crippen LogP) is 4.75. The summed E-state index contributed by atoms with van der Waals surface area (Å²) in [5.74, 6) is 1.23. The number of rotatable bonds is 5. The van der Waals surface area contributed by atoms with Gasteiger partial charge in [-0.05, 0) is 57.6 Å². The van der Waals surface area contributed by atoms with E-state index >= 15 is 0 Å². The van der Waals surface area contributed by atoms with Gasteiger partial charge in [-0.25, -0.2) is 4.98 Å². The molecule has 3 fully saturated rings. The lowest BCUT2D eigenvalue weighted by molar-refractivity contribution is -0.117. The van der Waals surface area contributed by atoms with E-state index in [4.69, 9.17) is 10.1 Å². The van der Waals surface area contributed by atoms with E-state index < -0.39 is 0 Å². The lowest BCUT2D eigenvalue weighted by atomic mass is 10.1. The minimum atomic E-state index is 0.0193. The van der Waals surface area contributed by atoms with Crippen molar-refractivity contribution in [3.8, 4) is 11.3 Å². The Balaban J connectivity index is 1.33. The van der Waals surface area contributed by atoms with Crippen molar-refractivity contribution in [1.29, 1.82) is 0 Å². The zero-order valence-corrected chi connectivity index (χ0v) is 20.9. The molecule has 2 saturated heterocycles. The molecule has 1 aliphatic carbocycles. The molecule has 1 saturated carbocycles. The van der Waals surface area contributed by atoms with Gasteiger partial charge in [0.05, 0.1) is 5.69 Å². The van der Waals surface area contributed by atoms with Crippen LogP contribution in [0, 0.1) is 5.92 Å². The van der Waals surface area contributed by atoms with Gasteiger partial charge in [0.1, 0.15) is 11.5 Å². The Morgan fingerprint density at radius 3 is 2.42 bits per heavy atom. The molecule has 1 atom stereocenters. The second-order valence-corrected chi connectivity index (χ2v) is 10.5. The highest BCUT2D eigenvalue weighted by atomic mass is 16.2. The van der Waals surface area contributed by atoms with Gasteiger partial charge in [-0.2, -0.15) is 9.61 Å². The van der Waals surface area contributed by atoms with Gasteiger partial charge < -0.3 is 15.1 Å². The number of hydrogen-bond donors (Lipinski definition) is 1. The summed E-state index contributed by atoms with van der Waals surface area (Å²) >= 11 is 0. The molecule has 0 spiro atoms. The molecule has 8 heteroatoms. The molecule has 4 heterocycles. The van der Waals surface area contributed by atoms with Crippen LogP contribution in [0.4, 0.5) is 11.5 Å². The Bertz CT molecular complexity index is 1270. The third kappa shape index (κ3) is 4.56. The fourth-order valence-corrected chi connectivity index (χ4v) is 5.42. The van der Waals surface area contributed by atoms with Crippen LogP contribution in [0.25, 0.3) is 16.9 Å². The Labute approximate surface area is 211 Å². The van der Waals surface area contributed by atoms with Gasteiger partial charge in [0.15, 0.2) is 5.65 Å². The van der Waals surface area contributed by atoms with Crippen molar-refractivity contribution in [3.63, 3.8) is 0 Å². The SMILES string of the molecule is CC1CCCCCN1C(=O)c1cc(N2CCCC2)n2nc(-c3ccc(NC(=O)C4CC4)cc3)cc2n1. The smallest absolute Gasteiger partial charge is 0.272 e. The monoisotopic (exact) mass is 486 g/mol. The summed E-state index contributed by atoms with van der Waals surface area (Å²) in [5.41, 5.74) is 3.74. The van der Waals surface area contributed by atoms with Crippen molar-refractivity contribution in [2.24, 2.45) is 5.92 Å². The summed E-state index contributed by atoms with van der Waals surface area (Å²) in [6, 6.07) is 11.9. The quantitative estimate of drug-likeness (QED) is 0.563. The first-order valence-corrected chi connectivity index (χ1v) is 13.4. The molecule has 0 bridgehead atoms. The molecule has 2 aromatic heterocycles. The standard InChI is InChI=1S/C28H34N6O2/c1-19-7-3-2-4-16-33(19)28(36)24-18-26(32-14-5-6-15-32)34-25(30-24)17-23(31-34)20-10-12-22(13-11-20)29-27(35)21-8-9-21/h10-13,17-19,21H,2-9,14-16H2,1H3,(H,29,35). The molecule has 1 N–H and O–H groups in total. The summed E-state index contributed by atoms with van der Waals surface area (Å²) in [4.78, 5) is 34.8. The van der Waals surface area contributed by atoms with E-state index in [2.05, 4.69) is 17.1 Å². The first-order chi connectivity index (χ1) is 17.6. The third-order valence-electron chi connectivity index (χ3n) is 7.77. The average molecular weight is 487 g/mol. The number of anilines is 2. The third-order valence-corrected chi connectivity index (χ3v) is 7.77. The summed E-state index contributed by atoms with van der Waals surface area (Å²) in [6.45, 7) is 4.85. The minimum Gasteiger partial charge on any atom is -0.356 e. The number of aromatic nitrogens is 3. The van der Waals surface area contributed by atoms with E-state index in [9.17, 15) is 9.59 Å². The van der Waals surface area contributed by atoms with Gasteiger partial charge in [0, 0.05) is 55.0 Å². The van der Waals surface area contributed by atoms with E-state index in [-0.39, 0.29) is 23.8 Å². The Morgan fingerprint density at radius 1 is 0.917 bits per heavy atom. The molecule has 1 aromatic carbocycles. The zero-order valence-electron chi connectivity index (χ0n) is 20.9. The van der Waals surface area contributed by atoms with Gasteiger partial charge in [-0.15, -0.1) is 0 Å². The van der Waals surface area contributed by atoms with Crippen molar-refractivity contribution in [3.05, 3.63) is 42.1 Å². The fraction of sp³-hybridized carbons (Fsp3) is 0.500. The Hall–Kier alpha value is -3.42. The number of nitrogens with zero attached hydrogens (tertiary/aromatic N) is 5. The number of amides is 2. The van der Waals surface area contributed by atoms with Crippen LogP contribution in [-0.4, -0.2) is 57.0 Å². The molecule has 188 valence electrons. The number of carbonyl (C=O) groups is 2. The molecule has 2 aliphatic heterocycles. The van der Waals surface area contributed by atoms with E-state index in [1.165, 1.54) is 12.8 Å². The van der Waals surface area contributed by atoms with Gasteiger partial charge in [0.2, 0.25) is 5.91 Å². The first-order valence-electron chi connectivity index (χ1n) is 13.4. The van der Waals surface area contributed by atoms with Crippen LogP contribution in [0.15, 0.2) is 36.4 Å². The van der Waals surface area contributed by atoms with Crippen LogP contribution in [-0.2, 0) is 4.79 Å². The second-order valence-electron chi connectivity index (χ2n) is 10.5. The molecular weight excluding hydrogens is 452 g/mol. The molecule has 3 aliphatic rings. The van der Waals surface area contributed by atoms with E-state index in [0.717, 1.165) is 80.9 Å². The summed E-state index contributed by atoms with van der Waals surface area (Å²) in [6.07, 6.45) is 8.68. The Kier molecular flexibility index (Phi) is 6.11. The molecule has 6 rings (SSSR count). The maximum Gasteiger partial charge on any atom is 0.272 e. The topological polar surface area (TPSA) is 82.8 Å². The summed E-state index contributed by atoms with van der Waals surface area (Å²) in [5, 5.41) is 7.89. The number of fused-ring (bicyclic) bond motifs is 1. The van der Waals surface area contributed by atoms with Crippen molar-refractivity contribution < 1.29 is 9.59 Å². The highest BCUT2D eigenvalue weighted by molar-refractivity contribution is 5.95. The highest BCUT2D eigenvalue weighted by Crippen LogP contribution is 2.31. The molecular formula is C28H34N6O2. The van der Waals surface area contributed by atoms with Crippen LogP contribution < -0.4 is 10.2 Å². The van der Waals surface area contributed by atoms with E-state index in [1.54, 1.807) is 0 Å². The maximum atomic E-state index is 13.6. The number of hydrogen-bond acceptors (Lipinski definition) is 5. The van der Waals surface area contributed by atoms with Crippen LogP contribution in [0.1, 0.15) is 68.8 Å². The summed E-state index contributed by atoms with van der Waals surface area (Å²) < 4.78 is 1.88. The molecule has 3 aromatic rings. The van der Waals surface area contributed by atoms with Crippen molar-refractivity contribution in [2.45, 2.75) is 64.3 Å². The van der Waals surface area contributed by atoms with E-state index in [0.29, 0.717) is 11.3 Å². The van der Waals surface area contributed by atoms with Crippen LogP contribution in [0.5, 0.6) is 0 Å². The van der Waals surface area contributed by atoms with Crippen LogP contribution in [0.2, 0.25) is 0 Å². The fourth-order valence-electron chi connectivity index (χ4n) is 5.42. The number of nitrogens with one attached hydrogen (secondary N) is 1. The maximum absolute atomic E-state index is 13.6. The number of carbonyl (C=O) groups excluding carboxylic acids is 2. The molecule has 0 radical (unpaired) electrons. The van der Waals surface area contributed by atoms with Crippen molar-refractivity contribution >= 4 is 29.0 Å². The number of likely N-dealkylation sites (tertiary alicyclic amines) is 1. The van der Waals surface area contributed by atoms with Crippen LogP contribution >= 0.6 is 0 Å². The van der Waals surface area contributed by atoms with Gasteiger partial charge in [0.25, 0.3) is 5.91 Å². The van der Waals surface area contributed by atoms with Gasteiger partial charge in [-0.1, -0.05) is 25.0 Å². The number of benzene rings is 1. The molecule has 1 unspecified atom stereocenters. The minimum absolute atomic E-state index is 0.0193. The average Bonchev–Trinajstić information content (AvgIpc) is 3.50. The van der Waals surface area contributed by atoms with Crippen molar-refractivity contribution in [1.82, 2.24) is 19.5 Å². The summed E-state index contributed by atoms with van der Waals surface area (Å²) in [7, 11) is 0. The van der Waals surface area contributed by atoms with E-state index in [1.807, 2.05) is 45.8 Å². The molecule has 2 amide bonds.